The van der Waals surface area contributed by atoms with Gasteiger partial charge in [-0.05, 0) is 55.8 Å². The van der Waals surface area contributed by atoms with Gasteiger partial charge in [0.25, 0.3) is 0 Å². The summed E-state index contributed by atoms with van der Waals surface area (Å²) in [6.45, 7) is -0.457. The third-order valence-corrected chi connectivity index (χ3v) is 9.63. The standard InChI is InChI=1S/C33H31F3N6O2/c1-2-23-26(35)7-4-18-10-22(43)11-24(27(18)23)29-28(36)30-25(14-38-29)31(42-16-20-5-6-21(42)13-37-20)40-32(39-30)44-17-33-8-3-9-41(33)15-19(34)12-33/h1,4,7,10-11,14,19-21,37,43H,3,5-6,8-9,12-13,15-17H2/t19-,20?,21?,33+/m1/s1/i1D,17D2. The van der Waals surface area contributed by atoms with Crippen molar-refractivity contribution >= 4 is 27.5 Å². The van der Waals surface area contributed by atoms with Crippen molar-refractivity contribution in [3.8, 4) is 35.3 Å². The zero-order valence-electron chi connectivity index (χ0n) is 26.7. The number of hydrogen-bond donors (Lipinski definition) is 2. The zero-order chi connectivity index (χ0) is 32.7. The van der Waals surface area contributed by atoms with Crippen LogP contribution in [0, 0.1) is 24.0 Å². The van der Waals surface area contributed by atoms with E-state index in [-0.39, 0.29) is 69.9 Å². The minimum absolute atomic E-state index is 0.0326. The SMILES string of the molecule is [2H]C#Cc1c(F)ccc2cc(O)cc(-c3ncc4c(N5CC6CCC5CN6)nc(OC([2H])([2H])[C@@]56CCCN5C[C@H](F)C6)nc4c3F)c12. The fourth-order valence-electron chi connectivity index (χ4n) is 7.58. The van der Waals surface area contributed by atoms with Crippen molar-refractivity contribution in [3.63, 3.8) is 0 Å². The van der Waals surface area contributed by atoms with Crippen molar-refractivity contribution in [2.45, 2.75) is 55.9 Å². The molecule has 0 spiro atoms. The van der Waals surface area contributed by atoms with E-state index in [9.17, 15) is 13.9 Å². The van der Waals surface area contributed by atoms with Crippen LogP contribution in [0.3, 0.4) is 0 Å². The number of piperazine rings is 1. The van der Waals surface area contributed by atoms with Crippen molar-refractivity contribution in [1.82, 2.24) is 25.2 Å². The number of alkyl halides is 1. The molecular weight excluding hydrogens is 569 g/mol. The highest BCUT2D eigenvalue weighted by molar-refractivity contribution is 6.03. The highest BCUT2D eigenvalue weighted by atomic mass is 19.1. The molecule has 8 nitrogen and oxygen atoms in total. The molecule has 2 unspecified atom stereocenters. The van der Waals surface area contributed by atoms with Crippen LogP contribution in [0.1, 0.15) is 41.8 Å². The van der Waals surface area contributed by atoms with Crippen LogP contribution in [-0.4, -0.2) is 81.5 Å². The van der Waals surface area contributed by atoms with Gasteiger partial charge in [0.05, 0.1) is 19.2 Å². The van der Waals surface area contributed by atoms with Crippen LogP contribution in [0.4, 0.5) is 19.0 Å². The van der Waals surface area contributed by atoms with Crippen LogP contribution in [0.25, 0.3) is 32.9 Å². The molecular formula is C33H31F3N6O2. The summed E-state index contributed by atoms with van der Waals surface area (Å²) in [5.74, 6) is 0.931. The maximum atomic E-state index is 16.9. The Bertz CT molecular complexity index is 2000. The molecule has 2 N–H and O–H groups in total. The number of piperidine rings is 2. The largest absolute Gasteiger partial charge is 0.508 e. The normalized spacial score (nSPS) is 27.6. The number of aromatic nitrogens is 3. The second-order valence-electron chi connectivity index (χ2n) is 12.2. The van der Waals surface area contributed by atoms with Crippen molar-refractivity contribution in [1.29, 1.82) is 0 Å². The number of phenolic OH excluding ortho intramolecular Hbond substituents is 1. The fourth-order valence-corrected chi connectivity index (χ4v) is 7.58. The second-order valence-corrected chi connectivity index (χ2v) is 12.2. The molecule has 0 aliphatic carbocycles. The number of rotatable bonds is 5. The number of ether oxygens (including phenoxy) is 1. The lowest BCUT2D eigenvalue weighted by atomic mass is 9.92. The molecule has 7 heterocycles. The van der Waals surface area contributed by atoms with E-state index in [2.05, 4.69) is 26.2 Å². The Kier molecular flexibility index (Phi) is 5.62. The molecule has 2 aromatic carbocycles. The molecule has 2 bridgehead atoms. The second kappa shape index (κ2) is 10.2. The van der Waals surface area contributed by atoms with Gasteiger partial charge >= 0.3 is 6.01 Å². The molecule has 0 radical (unpaired) electrons. The minimum Gasteiger partial charge on any atom is -0.508 e. The predicted molar refractivity (Wildman–Crippen MR) is 160 cm³/mol. The van der Waals surface area contributed by atoms with Gasteiger partial charge in [0.1, 0.15) is 42.7 Å². The fraction of sp³-hybridized carbons (Fsp3) is 0.424. The van der Waals surface area contributed by atoms with E-state index in [4.69, 9.17) is 8.85 Å². The number of aromatic hydroxyl groups is 1. The van der Waals surface area contributed by atoms with Gasteiger partial charge in [-0.1, -0.05) is 12.0 Å². The summed E-state index contributed by atoms with van der Waals surface area (Å²) >= 11 is 0. The summed E-state index contributed by atoms with van der Waals surface area (Å²) in [7, 11) is 0. The van der Waals surface area contributed by atoms with Gasteiger partial charge in [-0.15, -0.1) is 6.40 Å². The summed E-state index contributed by atoms with van der Waals surface area (Å²) in [6, 6.07) is 5.06. The molecule has 0 amide bonds. The van der Waals surface area contributed by atoms with Crippen LogP contribution in [0.2, 0.25) is 0 Å². The van der Waals surface area contributed by atoms with Gasteiger partial charge in [-0.3, -0.25) is 9.88 Å². The van der Waals surface area contributed by atoms with E-state index < -0.39 is 29.9 Å². The Morgan fingerprint density at radius 2 is 2.16 bits per heavy atom. The summed E-state index contributed by atoms with van der Waals surface area (Å²) in [4.78, 5) is 17.4. The summed E-state index contributed by atoms with van der Waals surface area (Å²) in [5.41, 5.74) is -1.77. The number of pyridine rings is 1. The smallest absolute Gasteiger partial charge is 0.319 e. The molecule has 5 saturated heterocycles. The topological polar surface area (TPSA) is 86.6 Å². The Morgan fingerprint density at radius 1 is 1.25 bits per heavy atom. The van der Waals surface area contributed by atoms with Gasteiger partial charge in [0.2, 0.25) is 0 Å². The number of fused-ring (bicyclic) bond motifs is 6. The lowest BCUT2D eigenvalue weighted by Gasteiger charge is -2.46. The zero-order valence-corrected chi connectivity index (χ0v) is 23.7. The van der Waals surface area contributed by atoms with E-state index in [1.807, 2.05) is 11.3 Å². The molecule has 226 valence electrons. The first-order chi connectivity index (χ1) is 22.6. The van der Waals surface area contributed by atoms with Crippen LogP contribution in [0.15, 0.2) is 30.5 Å². The van der Waals surface area contributed by atoms with E-state index in [0.717, 1.165) is 18.9 Å². The number of nitrogens with one attached hydrogen (secondary N) is 1. The van der Waals surface area contributed by atoms with Gasteiger partial charge < -0.3 is 20.1 Å². The number of phenols is 1. The predicted octanol–water partition coefficient (Wildman–Crippen LogP) is 4.71. The minimum atomic E-state index is -2.40. The van der Waals surface area contributed by atoms with Crippen molar-refractivity contribution in [2.75, 3.05) is 37.6 Å². The number of hydrogen-bond acceptors (Lipinski definition) is 8. The first kappa shape index (κ1) is 24.2. The Hall–Kier alpha value is -4.14. The quantitative estimate of drug-likeness (QED) is 0.318. The van der Waals surface area contributed by atoms with E-state index in [1.165, 1.54) is 24.4 Å². The molecule has 44 heavy (non-hydrogen) atoms. The average molecular weight is 604 g/mol. The Balaban J connectivity index is 1.32. The monoisotopic (exact) mass is 603 g/mol. The maximum absolute atomic E-state index is 16.9. The van der Waals surface area contributed by atoms with Crippen molar-refractivity contribution in [2.24, 2.45) is 0 Å². The highest BCUT2D eigenvalue weighted by Crippen LogP contribution is 2.42. The summed E-state index contributed by atoms with van der Waals surface area (Å²) in [5, 5.41) is 14.8. The molecule has 5 aliphatic rings. The third kappa shape index (κ3) is 4.26. The van der Waals surface area contributed by atoms with E-state index in [0.29, 0.717) is 43.7 Å². The number of benzene rings is 2. The van der Waals surface area contributed by atoms with Gasteiger partial charge in [-0.2, -0.15) is 9.97 Å². The molecule has 4 atom stereocenters. The Labute approximate surface area is 256 Å². The first-order valence-corrected chi connectivity index (χ1v) is 14.9. The third-order valence-electron chi connectivity index (χ3n) is 9.63. The average Bonchev–Trinajstić information content (AvgIpc) is 3.61. The van der Waals surface area contributed by atoms with Crippen LogP contribution < -0.4 is 15.0 Å². The van der Waals surface area contributed by atoms with Gasteiger partial charge in [0.15, 0.2) is 5.82 Å². The lowest BCUT2D eigenvalue weighted by Crippen LogP contribution is -2.61. The van der Waals surface area contributed by atoms with E-state index in [1.54, 1.807) is 4.90 Å². The molecule has 2 aromatic heterocycles. The summed E-state index contributed by atoms with van der Waals surface area (Å²) in [6.07, 6.45) is 5.09. The number of halogens is 3. The van der Waals surface area contributed by atoms with Crippen molar-refractivity contribution < 1.29 is 27.1 Å². The van der Waals surface area contributed by atoms with Crippen LogP contribution in [0.5, 0.6) is 11.8 Å². The maximum Gasteiger partial charge on any atom is 0.319 e. The molecule has 5 aliphatic heterocycles. The molecule has 11 heteroatoms. The number of terminal acetylenes is 1. The van der Waals surface area contributed by atoms with Gasteiger partial charge in [0, 0.05) is 55.3 Å². The first-order valence-electron chi connectivity index (χ1n) is 16.4. The van der Waals surface area contributed by atoms with E-state index >= 15 is 4.39 Å². The van der Waals surface area contributed by atoms with Crippen LogP contribution >= 0.6 is 0 Å². The highest BCUT2D eigenvalue weighted by Gasteiger charge is 2.49. The van der Waals surface area contributed by atoms with Gasteiger partial charge in [-0.25, -0.2) is 13.2 Å². The van der Waals surface area contributed by atoms with Crippen molar-refractivity contribution in [3.05, 3.63) is 47.7 Å². The molecule has 0 saturated carbocycles. The van der Waals surface area contributed by atoms with Crippen LogP contribution in [-0.2, 0) is 0 Å². The molecule has 9 rings (SSSR count). The summed E-state index contributed by atoms with van der Waals surface area (Å²) < 4.78 is 77.9. The number of anilines is 1. The molecule has 5 fully saturated rings. The number of nitrogens with zero attached hydrogens (tertiary/aromatic N) is 5. The lowest BCUT2D eigenvalue weighted by molar-refractivity contribution is 0.107. The Morgan fingerprint density at radius 3 is 2.95 bits per heavy atom. The molecule has 4 aromatic rings.